The van der Waals surface area contributed by atoms with Crippen molar-refractivity contribution in [2.24, 2.45) is 0 Å². The molecule has 0 unspecified atom stereocenters. The van der Waals surface area contributed by atoms with E-state index in [0.717, 1.165) is 6.54 Å². The highest BCUT2D eigenvalue weighted by molar-refractivity contribution is 7.89. The first kappa shape index (κ1) is 16.7. The van der Waals surface area contributed by atoms with Crippen LogP contribution in [0.25, 0.3) is 0 Å². The summed E-state index contributed by atoms with van der Waals surface area (Å²) in [6.45, 7) is 3.09. The summed E-state index contributed by atoms with van der Waals surface area (Å²) in [5.41, 5.74) is 0. The SMILES string of the molecule is CCNCCCS(=O)(=O)NCCCC(F)(F)F. The van der Waals surface area contributed by atoms with Gasteiger partial charge in [-0.1, -0.05) is 6.92 Å². The molecule has 0 heterocycles. The summed E-state index contributed by atoms with van der Waals surface area (Å²) in [6.07, 6.45) is -4.97. The molecular weight excluding hydrogens is 257 g/mol. The van der Waals surface area contributed by atoms with Gasteiger partial charge in [-0.05, 0) is 25.9 Å². The molecule has 104 valence electrons. The van der Waals surface area contributed by atoms with E-state index in [4.69, 9.17) is 0 Å². The van der Waals surface area contributed by atoms with Gasteiger partial charge in [-0.2, -0.15) is 13.2 Å². The van der Waals surface area contributed by atoms with Crippen LogP contribution in [0.5, 0.6) is 0 Å². The number of alkyl halides is 3. The molecule has 0 radical (unpaired) electrons. The zero-order valence-corrected chi connectivity index (χ0v) is 10.6. The molecule has 0 saturated carbocycles. The summed E-state index contributed by atoms with van der Waals surface area (Å²) < 4.78 is 60.1. The van der Waals surface area contributed by atoms with Crippen molar-refractivity contribution < 1.29 is 21.6 Å². The first-order valence-corrected chi connectivity index (χ1v) is 7.17. The molecule has 0 aromatic carbocycles. The van der Waals surface area contributed by atoms with Crippen LogP contribution in [0, 0.1) is 0 Å². The minimum absolute atomic E-state index is 0.0635. The number of nitrogens with one attached hydrogen (secondary N) is 2. The Morgan fingerprint density at radius 1 is 1.12 bits per heavy atom. The van der Waals surface area contributed by atoms with E-state index in [1.807, 2.05) is 6.92 Å². The predicted molar refractivity (Wildman–Crippen MR) is 60.2 cm³/mol. The van der Waals surface area contributed by atoms with Crippen molar-refractivity contribution in [3.8, 4) is 0 Å². The number of rotatable bonds is 9. The van der Waals surface area contributed by atoms with Crippen LogP contribution in [0.1, 0.15) is 26.2 Å². The third-order valence-electron chi connectivity index (χ3n) is 1.98. The van der Waals surface area contributed by atoms with Crippen LogP contribution in [0.15, 0.2) is 0 Å². The molecule has 2 N–H and O–H groups in total. The molecule has 0 rings (SSSR count). The van der Waals surface area contributed by atoms with Crippen molar-refractivity contribution in [2.45, 2.75) is 32.4 Å². The van der Waals surface area contributed by atoms with Gasteiger partial charge in [0.25, 0.3) is 0 Å². The normalized spacial score (nSPS) is 12.9. The van der Waals surface area contributed by atoms with Crippen molar-refractivity contribution in [3.63, 3.8) is 0 Å². The summed E-state index contributed by atoms with van der Waals surface area (Å²) in [4.78, 5) is 0. The van der Waals surface area contributed by atoms with Crippen molar-refractivity contribution in [1.29, 1.82) is 0 Å². The Hall–Kier alpha value is -0.340. The lowest BCUT2D eigenvalue weighted by atomic mass is 10.3. The Bertz CT molecular complexity index is 291. The van der Waals surface area contributed by atoms with Crippen LogP contribution in [0.2, 0.25) is 0 Å². The van der Waals surface area contributed by atoms with Crippen molar-refractivity contribution in [2.75, 3.05) is 25.4 Å². The van der Waals surface area contributed by atoms with Gasteiger partial charge in [-0.25, -0.2) is 13.1 Å². The Morgan fingerprint density at radius 3 is 2.29 bits per heavy atom. The lowest BCUT2D eigenvalue weighted by Gasteiger charge is -2.08. The zero-order valence-electron chi connectivity index (χ0n) is 9.81. The van der Waals surface area contributed by atoms with E-state index >= 15 is 0 Å². The molecule has 0 atom stereocenters. The van der Waals surface area contributed by atoms with Crippen LogP contribution in [0.3, 0.4) is 0 Å². The van der Waals surface area contributed by atoms with Gasteiger partial charge in [0.05, 0.1) is 5.75 Å². The highest BCUT2D eigenvalue weighted by atomic mass is 32.2. The van der Waals surface area contributed by atoms with Gasteiger partial charge < -0.3 is 5.32 Å². The number of sulfonamides is 1. The second kappa shape index (κ2) is 7.88. The highest BCUT2D eigenvalue weighted by Crippen LogP contribution is 2.20. The third kappa shape index (κ3) is 11.9. The largest absolute Gasteiger partial charge is 0.389 e. The highest BCUT2D eigenvalue weighted by Gasteiger charge is 2.26. The number of hydrogen-bond donors (Lipinski definition) is 2. The second-order valence-electron chi connectivity index (χ2n) is 3.64. The smallest absolute Gasteiger partial charge is 0.317 e. The van der Waals surface area contributed by atoms with Crippen LogP contribution < -0.4 is 10.0 Å². The quantitative estimate of drug-likeness (QED) is 0.623. The number of hydrogen-bond acceptors (Lipinski definition) is 3. The van der Waals surface area contributed by atoms with Crippen LogP contribution in [-0.2, 0) is 10.0 Å². The molecule has 0 saturated heterocycles. The zero-order chi connectivity index (χ0) is 13.4. The monoisotopic (exact) mass is 276 g/mol. The van der Waals surface area contributed by atoms with Crippen LogP contribution >= 0.6 is 0 Å². The molecule has 0 spiro atoms. The molecule has 0 aromatic heterocycles. The van der Waals surface area contributed by atoms with Crippen molar-refractivity contribution >= 4 is 10.0 Å². The average molecular weight is 276 g/mol. The van der Waals surface area contributed by atoms with Gasteiger partial charge in [0.15, 0.2) is 0 Å². The molecule has 0 bridgehead atoms. The van der Waals surface area contributed by atoms with Crippen LogP contribution in [0.4, 0.5) is 13.2 Å². The maximum Gasteiger partial charge on any atom is 0.389 e. The minimum Gasteiger partial charge on any atom is -0.317 e. The molecule has 0 amide bonds. The van der Waals surface area contributed by atoms with E-state index in [-0.39, 0.29) is 18.7 Å². The third-order valence-corrected chi connectivity index (χ3v) is 3.45. The first-order valence-electron chi connectivity index (χ1n) is 5.51. The molecule has 17 heavy (non-hydrogen) atoms. The summed E-state index contributed by atoms with van der Waals surface area (Å²) in [6, 6.07) is 0. The summed E-state index contributed by atoms with van der Waals surface area (Å²) in [5.74, 6) is -0.0635. The van der Waals surface area contributed by atoms with Gasteiger partial charge in [0, 0.05) is 13.0 Å². The Kier molecular flexibility index (Phi) is 7.73. The summed E-state index contributed by atoms with van der Waals surface area (Å²) >= 11 is 0. The Labute approximate surface area is 100 Å². The van der Waals surface area contributed by atoms with Gasteiger partial charge >= 0.3 is 6.18 Å². The molecule has 0 aromatic rings. The molecule has 0 aliphatic rings. The molecule has 4 nitrogen and oxygen atoms in total. The van der Waals surface area contributed by atoms with Crippen molar-refractivity contribution in [3.05, 3.63) is 0 Å². The van der Waals surface area contributed by atoms with E-state index in [2.05, 4.69) is 10.0 Å². The van der Waals surface area contributed by atoms with Gasteiger partial charge in [0.2, 0.25) is 10.0 Å². The second-order valence-corrected chi connectivity index (χ2v) is 5.57. The molecular formula is C9H19F3N2O2S. The number of halogens is 3. The van der Waals surface area contributed by atoms with E-state index < -0.39 is 22.6 Å². The minimum atomic E-state index is -4.23. The fourth-order valence-corrected chi connectivity index (χ4v) is 2.28. The van der Waals surface area contributed by atoms with E-state index in [9.17, 15) is 21.6 Å². The van der Waals surface area contributed by atoms with Gasteiger partial charge in [0.1, 0.15) is 0 Å². The Morgan fingerprint density at radius 2 is 1.76 bits per heavy atom. The lowest BCUT2D eigenvalue weighted by molar-refractivity contribution is -0.135. The molecule has 8 heteroatoms. The van der Waals surface area contributed by atoms with Crippen molar-refractivity contribution in [1.82, 2.24) is 10.0 Å². The summed E-state index contributed by atoms with van der Waals surface area (Å²) in [7, 11) is -3.44. The fraction of sp³-hybridized carbons (Fsp3) is 1.00. The molecule has 0 aliphatic carbocycles. The maximum absolute atomic E-state index is 11.8. The predicted octanol–water partition coefficient (Wildman–Crippen LogP) is 1.25. The van der Waals surface area contributed by atoms with Gasteiger partial charge in [-0.15, -0.1) is 0 Å². The summed E-state index contributed by atoms with van der Waals surface area (Å²) in [5, 5.41) is 2.97. The molecule has 0 fully saturated rings. The average Bonchev–Trinajstić information content (AvgIpc) is 2.18. The Balaban J connectivity index is 3.65. The first-order chi connectivity index (χ1) is 7.77. The van der Waals surface area contributed by atoms with Gasteiger partial charge in [-0.3, -0.25) is 0 Å². The lowest BCUT2D eigenvalue weighted by Crippen LogP contribution is -2.29. The topological polar surface area (TPSA) is 58.2 Å². The van der Waals surface area contributed by atoms with Crippen LogP contribution in [-0.4, -0.2) is 40.0 Å². The molecule has 0 aliphatic heterocycles. The standard InChI is InChI=1S/C9H19F3N2O2S/c1-2-13-6-4-8-17(15,16)14-7-3-5-9(10,11)12/h13-14H,2-8H2,1H3. The van der Waals surface area contributed by atoms with E-state index in [0.29, 0.717) is 13.0 Å². The maximum atomic E-state index is 11.8. The van der Waals surface area contributed by atoms with E-state index in [1.54, 1.807) is 0 Å². The fourth-order valence-electron chi connectivity index (χ4n) is 1.15. The van der Waals surface area contributed by atoms with E-state index in [1.165, 1.54) is 0 Å².